The van der Waals surface area contributed by atoms with Crippen molar-refractivity contribution in [2.75, 3.05) is 46.3 Å². The van der Waals surface area contributed by atoms with Crippen LogP contribution in [-0.2, 0) is 0 Å². The molecule has 3 rings (SSSR count). The van der Waals surface area contributed by atoms with Gasteiger partial charge in [0.2, 0.25) is 0 Å². The van der Waals surface area contributed by atoms with Crippen LogP contribution < -0.4 is 19.8 Å². The zero-order valence-corrected chi connectivity index (χ0v) is 21.2. The Morgan fingerprint density at radius 3 is 2.49 bits per heavy atom. The fourth-order valence-corrected chi connectivity index (χ4v) is 3.80. The fraction of sp³-hybridized carbons (Fsp3) is 0.360. The number of hydrazine groups is 1. The van der Waals surface area contributed by atoms with Crippen LogP contribution in [-0.4, -0.2) is 68.4 Å². The van der Waals surface area contributed by atoms with Gasteiger partial charge in [-0.25, -0.2) is 15.2 Å². The molecule has 0 spiro atoms. The maximum absolute atomic E-state index is 13.2. The largest absolute Gasteiger partial charge is 0.493 e. The summed E-state index contributed by atoms with van der Waals surface area (Å²) in [5, 5.41) is 11.1. The zero-order valence-electron chi connectivity index (χ0n) is 20.4. The van der Waals surface area contributed by atoms with Gasteiger partial charge in [0.1, 0.15) is 0 Å². The van der Waals surface area contributed by atoms with Crippen molar-refractivity contribution < 1.29 is 24.2 Å². The molecule has 2 aromatic carbocycles. The standard InChI is InChI=1S/C25H32N4O5.ClH/c1-27(2)13-7-14-28(25(31)32)20-9-5-8-19(16-20)24(30)29-15-6-10-21(26-29)18-11-12-22(33-3)23(17-18)34-4;/h5-6,8-9,11-12,15-17,21,26H,7,10,13-14H2,1-4H3,(H,31,32);1H. The molecule has 0 saturated heterocycles. The van der Waals surface area contributed by atoms with E-state index in [4.69, 9.17) is 9.47 Å². The second kappa shape index (κ2) is 13.0. The molecule has 9 nitrogen and oxygen atoms in total. The van der Waals surface area contributed by atoms with Gasteiger partial charge in [-0.15, -0.1) is 12.4 Å². The predicted octanol–water partition coefficient (Wildman–Crippen LogP) is 4.17. The highest BCUT2D eigenvalue weighted by Gasteiger charge is 2.24. The van der Waals surface area contributed by atoms with E-state index in [2.05, 4.69) is 5.43 Å². The van der Waals surface area contributed by atoms with Crippen molar-refractivity contribution in [3.05, 3.63) is 65.9 Å². The van der Waals surface area contributed by atoms with Crippen LogP contribution in [0.2, 0.25) is 0 Å². The number of nitrogens with zero attached hydrogens (tertiary/aromatic N) is 3. The lowest BCUT2D eigenvalue weighted by molar-refractivity contribution is 0.0713. The lowest BCUT2D eigenvalue weighted by Crippen LogP contribution is -2.43. The number of carboxylic acid groups (broad SMARTS) is 1. The van der Waals surface area contributed by atoms with Gasteiger partial charge in [0.15, 0.2) is 11.5 Å². The minimum atomic E-state index is -1.05. The lowest BCUT2D eigenvalue weighted by atomic mass is 10.0. The molecule has 0 radical (unpaired) electrons. The van der Waals surface area contributed by atoms with Gasteiger partial charge in [0.25, 0.3) is 5.91 Å². The van der Waals surface area contributed by atoms with Crippen molar-refractivity contribution in [2.45, 2.75) is 18.9 Å². The van der Waals surface area contributed by atoms with Gasteiger partial charge in [-0.1, -0.05) is 18.2 Å². The predicted molar refractivity (Wildman–Crippen MR) is 138 cm³/mol. The first kappa shape index (κ1) is 28.0. The maximum atomic E-state index is 13.2. The van der Waals surface area contributed by atoms with Gasteiger partial charge in [0.05, 0.1) is 20.3 Å². The second-order valence-electron chi connectivity index (χ2n) is 8.23. The first-order valence-electron chi connectivity index (χ1n) is 11.1. The fourth-order valence-electron chi connectivity index (χ4n) is 3.80. The third-order valence-corrected chi connectivity index (χ3v) is 5.57. The monoisotopic (exact) mass is 504 g/mol. The molecule has 1 unspecified atom stereocenters. The molecule has 0 aliphatic carbocycles. The molecule has 35 heavy (non-hydrogen) atoms. The molecule has 2 amide bonds. The molecule has 190 valence electrons. The molecule has 0 fully saturated rings. The minimum Gasteiger partial charge on any atom is -0.493 e. The third-order valence-electron chi connectivity index (χ3n) is 5.57. The summed E-state index contributed by atoms with van der Waals surface area (Å²) in [6.07, 6.45) is 3.94. The summed E-state index contributed by atoms with van der Waals surface area (Å²) in [6.45, 7) is 1.11. The number of ether oxygens (including phenoxy) is 2. The van der Waals surface area contributed by atoms with E-state index in [1.807, 2.05) is 43.3 Å². The second-order valence-corrected chi connectivity index (χ2v) is 8.23. The highest BCUT2D eigenvalue weighted by atomic mass is 35.5. The highest BCUT2D eigenvalue weighted by molar-refractivity contribution is 5.97. The molecule has 0 bridgehead atoms. The summed E-state index contributed by atoms with van der Waals surface area (Å²) in [7, 11) is 7.05. The highest BCUT2D eigenvalue weighted by Crippen LogP contribution is 2.32. The molecule has 2 N–H and O–H groups in total. The maximum Gasteiger partial charge on any atom is 0.411 e. The number of methoxy groups -OCH3 is 2. The molecule has 1 aliphatic heterocycles. The number of amides is 2. The molecule has 1 atom stereocenters. The van der Waals surface area contributed by atoms with Gasteiger partial charge in [-0.2, -0.15) is 0 Å². The number of carbonyl (C=O) groups is 2. The van der Waals surface area contributed by atoms with Crippen LogP contribution in [0, 0.1) is 0 Å². The van der Waals surface area contributed by atoms with Crippen LogP contribution in [0.1, 0.15) is 34.8 Å². The first-order chi connectivity index (χ1) is 16.3. The number of benzene rings is 2. The third kappa shape index (κ3) is 7.11. The van der Waals surface area contributed by atoms with Crippen LogP contribution in [0.5, 0.6) is 11.5 Å². The number of anilines is 1. The van der Waals surface area contributed by atoms with E-state index in [-0.39, 0.29) is 24.4 Å². The van der Waals surface area contributed by atoms with Crippen LogP contribution >= 0.6 is 12.4 Å². The van der Waals surface area contributed by atoms with Crippen LogP contribution in [0.25, 0.3) is 0 Å². The van der Waals surface area contributed by atoms with Gasteiger partial charge < -0.3 is 19.5 Å². The smallest absolute Gasteiger partial charge is 0.411 e. The van der Waals surface area contributed by atoms with Gasteiger partial charge in [-0.3, -0.25) is 9.69 Å². The minimum absolute atomic E-state index is 0. The van der Waals surface area contributed by atoms with Crippen molar-refractivity contribution in [1.29, 1.82) is 0 Å². The number of rotatable bonds is 9. The first-order valence-corrected chi connectivity index (χ1v) is 11.1. The molecule has 1 heterocycles. The molecule has 10 heteroatoms. The van der Waals surface area contributed by atoms with Gasteiger partial charge in [0, 0.05) is 24.0 Å². The number of nitrogens with one attached hydrogen (secondary N) is 1. The van der Waals surface area contributed by atoms with E-state index < -0.39 is 6.09 Å². The Morgan fingerprint density at radius 1 is 1.09 bits per heavy atom. The van der Waals surface area contributed by atoms with Gasteiger partial charge >= 0.3 is 6.09 Å². The normalized spacial score (nSPS) is 14.9. The SMILES string of the molecule is COc1ccc(C2CC=CN(C(=O)c3cccc(N(CCCN(C)C)C(=O)O)c3)N2)cc1OC.Cl. The van der Waals surface area contributed by atoms with Crippen molar-refractivity contribution in [3.8, 4) is 11.5 Å². The molecular weight excluding hydrogens is 472 g/mol. The molecule has 0 aromatic heterocycles. The number of hydrogen-bond acceptors (Lipinski definition) is 6. The van der Waals surface area contributed by atoms with E-state index in [9.17, 15) is 14.7 Å². The Labute approximate surface area is 212 Å². The van der Waals surface area contributed by atoms with Crippen LogP contribution in [0.15, 0.2) is 54.7 Å². The Hall–Kier alpha value is -3.27. The summed E-state index contributed by atoms with van der Waals surface area (Å²) >= 11 is 0. The van der Waals surface area contributed by atoms with Crippen LogP contribution in [0.3, 0.4) is 0 Å². The van der Waals surface area contributed by atoms with E-state index in [1.54, 1.807) is 44.7 Å². The van der Waals surface area contributed by atoms with E-state index in [0.717, 1.165) is 12.1 Å². The van der Waals surface area contributed by atoms with Crippen molar-refractivity contribution in [1.82, 2.24) is 15.3 Å². The van der Waals surface area contributed by atoms with Crippen molar-refractivity contribution >= 4 is 30.1 Å². The summed E-state index contributed by atoms with van der Waals surface area (Å²) in [5.41, 5.74) is 5.05. The number of carbonyl (C=O) groups excluding carboxylic acids is 1. The zero-order chi connectivity index (χ0) is 24.7. The van der Waals surface area contributed by atoms with E-state index in [1.165, 1.54) is 9.91 Å². The topological polar surface area (TPSA) is 94.6 Å². The quantitative estimate of drug-likeness (QED) is 0.529. The summed E-state index contributed by atoms with van der Waals surface area (Å²) in [4.78, 5) is 28.3. The van der Waals surface area contributed by atoms with E-state index >= 15 is 0 Å². The average Bonchev–Trinajstić information content (AvgIpc) is 2.85. The molecular formula is C25H33ClN4O5. The summed E-state index contributed by atoms with van der Waals surface area (Å²) in [6, 6.07) is 12.2. The summed E-state index contributed by atoms with van der Waals surface area (Å²) in [5.74, 6) is 0.975. The van der Waals surface area contributed by atoms with E-state index in [0.29, 0.717) is 42.1 Å². The Kier molecular flexibility index (Phi) is 10.4. The summed E-state index contributed by atoms with van der Waals surface area (Å²) < 4.78 is 10.7. The van der Waals surface area contributed by atoms with Crippen molar-refractivity contribution in [3.63, 3.8) is 0 Å². The Balaban J connectivity index is 0.00000432. The van der Waals surface area contributed by atoms with Crippen molar-refractivity contribution in [2.24, 2.45) is 0 Å². The number of halogens is 1. The Morgan fingerprint density at radius 2 is 1.83 bits per heavy atom. The van der Waals surface area contributed by atoms with Gasteiger partial charge in [-0.05, 0) is 69.4 Å². The lowest BCUT2D eigenvalue weighted by Gasteiger charge is -2.30. The molecule has 1 aliphatic rings. The molecule has 0 saturated carbocycles. The average molecular weight is 505 g/mol. The number of hydrogen-bond donors (Lipinski definition) is 2. The molecule has 2 aromatic rings. The Bertz CT molecular complexity index is 1050. The van der Waals surface area contributed by atoms with Crippen LogP contribution in [0.4, 0.5) is 10.5 Å².